The zero-order valence-corrected chi connectivity index (χ0v) is 12.9. The quantitative estimate of drug-likeness (QED) is 0.778. The smallest absolute Gasteiger partial charge is 0.0342 e. The fraction of sp³-hybridized carbons (Fsp3) is 0.333. The van der Waals surface area contributed by atoms with Crippen molar-refractivity contribution < 1.29 is 0 Å². The van der Waals surface area contributed by atoms with Gasteiger partial charge in [0.1, 0.15) is 0 Å². The first-order chi connectivity index (χ1) is 9.49. The molecule has 0 aliphatic heterocycles. The number of benzene rings is 2. The molecular weight excluding hydrogens is 244 g/mol. The minimum Gasteiger partial charge on any atom is -0.399 e. The number of nitrogens with two attached hydrogens (primary N) is 1. The highest BCUT2D eigenvalue weighted by molar-refractivity contribution is 5.43. The molecule has 0 spiro atoms. The van der Waals surface area contributed by atoms with Gasteiger partial charge in [-0.15, -0.1) is 0 Å². The Morgan fingerprint density at radius 2 is 1.35 bits per heavy atom. The lowest BCUT2D eigenvalue weighted by Crippen LogP contribution is -2.08. The van der Waals surface area contributed by atoms with Gasteiger partial charge in [-0.05, 0) is 49.6 Å². The summed E-state index contributed by atoms with van der Waals surface area (Å²) >= 11 is 0. The van der Waals surface area contributed by atoms with Crippen LogP contribution in [0.15, 0.2) is 54.6 Å². The monoisotopic (exact) mass is 270 g/mol. The number of nitrogen functional groups attached to an aromatic ring is 1. The normalized spacial score (nSPS) is 10.1. The van der Waals surface area contributed by atoms with E-state index in [0.29, 0.717) is 12.0 Å². The van der Waals surface area contributed by atoms with Crippen molar-refractivity contribution in [1.82, 2.24) is 0 Å². The first-order valence-electron chi connectivity index (χ1n) is 7.16. The molecule has 3 N–H and O–H groups in total. The van der Waals surface area contributed by atoms with Crippen molar-refractivity contribution >= 4 is 11.4 Å². The second-order valence-electron chi connectivity index (χ2n) is 5.49. The Morgan fingerprint density at radius 3 is 1.80 bits per heavy atom. The predicted octanol–water partition coefficient (Wildman–Crippen LogP) is 4.90. The lowest BCUT2D eigenvalue weighted by Gasteiger charge is -2.08. The topological polar surface area (TPSA) is 38.0 Å². The number of hydrogen-bond donors (Lipinski definition) is 2. The average molecular weight is 270 g/mol. The van der Waals surface area contributed by atoms with Crippen molar-refractivity contribution in [2.75, 3.05) is 11.1 Å². The van der Waals surface area contributed by atoms with Crippen molar-refractivity contribution in [3.05, 3.63) is 60.2 Å². The third-order valence-electron chi connectivity index (χ3n) is 2.83. The Kier molecular flexibility index (Phi) is 6.65. The van der Waals surface area contributed by atoms with Crippen LogP contribution in [0.4, 0.5) is 11.4 Å². The molecule has 0 aliphatic rings. The molecule has 0 fully saturated rings. The highest BCUT2D eigenvalue weighted by Gasteiger charge is 1.95. The Bertz CT molecular complexity index is 473. The molecule has 0 amide bonds. The lowest BCUT2D eigenvalue weighted by molar-refractivity contribution is 0.867. The van der Waals surface area contributed by atoms with Gasteiger partial charge in [-0.25, -0.2) is 0 Å². The minimum atomic E-state index is 0.516. The number of rotatable bonds is 3. The molecule has 2 aromatic carbocycles. The molecule has 20 heavy (non-hydrogen) atoms. The van der Waals surface area contributed by atoms with E-state index in [2.05, 4.69) is 57.3 Å². The van der Waals surface area contributed by atoms with Crippen LogP contribution in [0.2, 0.25) is 0 Å². The van der Waals surface area contributed by atoms with Crippen LogP contribution in [0.1, 0.15) is 39.2 Å². The van der Waals surface area contributed by atoms with E-state index < -0.39 is 0 Å². The van der Waals surface area contributed by atoms with Gasteiger partial charge in [0, 0.05) is 17.4 Å². The van der Waals surface area contributed by atoms with Crippen LogP contribution >= 0.6 is 0 Å². The highest BCUT2D eigenvalue weighted by atomic mass is 14.9. The largest absolute Gasteiger partial charge is 0.399 e. The van der Waals surface area contributed by atoms with E-state index in [-0.39, 0.29) is 0 Å². The molecule has 0 radical (unpaired) electrons. The summed E-state index contributed by atoms with van der Waals surface area (Å²) in [5, 5.41) is 3.30. The molecule has 0 atom stereocenters. The molecule has 2 nitrogen and oxygen atoms in total. The summed E-state index contributed by atoms with van der Waals surface area (Å²) in [6, 6.07) is 18.8. The molecule has 0 bridgehead atoms. The summed E-state index contributed by atoms with van der Waals surface area (Å²) in [6.45, 7) is 8.61. The molecular formula is C18H26N2. The first-order valence-corrected chi connectivity index (χ1v) is 7.16. The van der Waals surface area contributed by atoms with Crippen LogP contribution in [0.3, 0.4) is 0 Å². The van der Waals surface area contributed by atoms with Crippen molar-refractivity contribution in [3.63, 3.8) is 0 Å². The van der Waals surface area contributed by atoms with Gasteiger partial charge in [-0.2, -0.15) is 0 Å². The predicted molar refractivity (Wildman–Crippen MR) is 90.1 cm³/mol. The number of para-hydroxylation sites is 1. The molecule has 0 saturated carbocycles. The maximum Gasteiger partial charge on any atom is 0.0342 e. The van der Waals surface area contributed by atoms with Gasteiger partial charge < -0.3 is 11.1 Å². The number of nitrogens with one attached hydrogen (secondary N) is 1. The minimum absolute atomic E-state index is 0.516. The van der Waals surface area contributed by atoms with Crippen LogP contribution in [-0.4, -0.2) is 6.04 Å². The number of hydrogen-bond acceptors (Lipinski definition) is 2. The summed E-state index contributed by atoms with van der Waals surface area (Å²) < 4.78 is 0. The van der Waals surface area contributed by atoms with Crippen molar-refractivity contribution in [1.29, 1.82) is 0 Å². The van der Waals surface area contributed by atoms with Crippen LogP contribution in [0, 0.1) is 0 Å². The third-order valence-corrected chi connectivity index (χ3v) is 2.83. The van der Waals surface area contributed by atoms with Crippen LogP contribution in [0.5, 0.6) is 0 Å². The number of anilines is 2. The molecule has 108 valence electrons. The zero-order chi connectivity index (χ0) is 15.0. The Hall–Kier alpha value is -1.96. The summed E-state index contributed by atoms with van der Waals surface area (Å²) in [4.78, 5) is 0. The summed E-state index contributed by atoms with van der Waals surface area (Å²) in [5.74, 6) is 0.598. The van der Waals surface area contributed by atoms with Gasteiger partial charge in [0.15, 0.2) is 0 Å². The second-order valence-corrected chi connectivity index (χ2v) is 5.49. The summed E-state index contributed by atoms with van der Waals surface area (Å²) in [6.07, 6.45) is 0. The Balaban J connectivity index is 0.000000200. The molecule has 2 aromatic rings. The molecule has 0 unspecified atom stereocenters. The Labute approximate surface area is 123 Å². The SMILES string of the molecule is CC(C)Nc1ccccc1.CC(C)c1ccc(N)cc1. The molecule has 0 heterocycles. The lowest BCUT2D eigenvalue weighted by atomic mass is 10.0. The highest BCUT2D eigenvalue weighted by Crippen LogP contribution is 2.14. The third kappa shape index (κ3) is 6.28. The molecule has 0 aromatic heterocycles. The van der Waals surface area contributed by atoms with E-state index >= 15 is 0 Å². The second kappa shape index (κ2) is 8.26. The standard InChI is InChI=1S/2C9H13N/c1-7(2)8-3-5-9(10)6-4-8;1-8(2)10-9-6-4-3-5-7-9/h3-7H,10H2,1-2H3;3-8,10H,1-2H3. The van der Waals surface area contributed by atoms with Gasteiger partial charge >= 0.3 is 0 Å². The fourth-order valence-electron chi connectivity index (χ4n) is 1.75. The van der Waals surface area contributed by atoms with Crippen molar-refractivity contribution in [3.8, 4) is 0 Å². The van der Waals surface area contributed by atoms with Crippen molar-refractivity contribution in [2.24, 2.45) is 0 Å². The van der Waals surface area contributed by atoms with E-state index in [1.165, 1.54) is 11.3 Å². The van der Waals surface area contributed by atoms with Crippen LogP contribution in [-0.2, 0) is 0 Å². The summed E-state index contributed by atoms with van der Waals surface area (Å²) in [7, 11) is 0. The van der Waals surface area contributed by atoms with Gasteiger partial charge in [-0.3, -0.25) is 0 Å². The maximum atomic E-state index is 5.53. The van der Waals surface area contributed by atoms with Crippen molar-refractivity contribution in [2.45, 2.75) is 39.7 Å². The fourth-order valence-corrected chi connectivity index (χ4v) is 1.75. The van der Waals surface area contributed by atoms with Crippen LogP contribution < -0.4 is 11.1 Å². The maximum absolute atomic E-state index is 5.53. The van der Waals surface area contributed by atoms with Crippen LogP contribution in [0.25, 0.3) is 0 Å². The van der Waals surface area contributed by atoms with E-state index in [1.54, 1.807) is 0 Å². The Morgan fingerprint density at radius 1 is 0.800 bits per heavy atom. The van der Waals surface area contributed by atoms with E-state index in [1.807, 2.05) is 30.3 Å². The molecule has 2 heteroatoms. The molecule has 0 saturated heterocycles. The van der Waals surface area contributed by atoms with Gasteiger partial charge in [-0.1, -0.05) is 44.2 Å². The van der Waals surface area contributed by atoms with Gasteiger partial charge in [0.2, 0.25) is 0 Å². The van der Waals surface area contributed by atoms with Gasteiger partial charge in [0.05, 0.1) is 0 Å². The van der Waals surface area contributed by atoms with E-state index in [4.69, 9.17) is 5.73 Å². The van der Waals surface area contributed by atoms with Gasteiger partial charge in [0.25, 0.3) is 0 Å². The molecule has 0 aliphatic carbocycles. The first kappa shape index (κ1) is 16.1. The molecule has 2 rings (SSSR count). The van der Waals surface area contributed by atoms with E-state index in [9.17, 15) is 0 Å². The average Bonchev–Trinajstić information content (AvgIpc) is 2.40. The zero-order valence-electron chi connectivity index (χ0n) is 12.9. The van der Waals surface area contributed by atoms with E-state index in [0.717, 1.165) is 5.69 Å². The summed E-state index contributed by atoms with van der Waals surface area (Å²) in [5.41, 5.74) is 8.90.